The molecular formula is C41H45IN2O9. The predicted octanol–water partition coefficient (Wildman–Crippen LogP) is 5.42. The Morgan fingerprint density at radius 3 is 2.23 bits per heavy atom. The first-order valence-electron chi connectivity index (χ1n) is 18.0. The van der Waals surface area contributed by atoms with E-state index >= 15 is 0 Å². The summed E-state index contributed by atoms with van der Waals surface area (Å²) in [5.41, 5.74) is 1.57. The molecule has 53 heavy (non-hydrogen) atoms. The van der Waals surface area contributed by atoms with Crippen LogP contribution in [0.5, 0.6) is 0 Å². The summed E-state index contributed by atoms with van der Waals surface area (Å²) in [5, 5.41) is 12.8. The standard InChI is InChI=1S/C41H45IN2O9/c1-40(2,3)52-35(46)21-20-29(25-45)43-37(47)32-19-12-22-44(32)38(48)26-23-33(50-39(49)30-17-10-11-18-31(30)42)36-34(24-26)51-41(53-36,27-13-6-4-7-14-27)28-15-8-5-9-16-28/h4-11,13-18,24,29,32-34,36,45H,12,19-23,25H2,1-3H3,(H,43,47). The van der Waals surface area contributed by atoms with Gasteiger partial charge in [0, 0.05) is 39.7 Å². The number of carbonyl (C=O) groups is 4. The molecule has 3 aliphatic rings. The molecule has 0 spiro atoms. The Kier molecular flexibility index (Phi) is 12.0. The van der Waals surface area contributed by atoms with Gasteiger partial charge in [-0.3, -0.25) is 14.4 Å². The lowest BCUT2D eigenvalue weighted by atomic mass is 9.91. The van der Waals surface area contributed by atoms with E-state index < -0.39 is 59.6 Å². The normalized spacial score (nSPS) is 22.7. The second-order valence-corrected chi connectivity index (χ2v) is 15.7. The highest BCUT2D eigenvalue weighted by Gasteiger charge is 2.55. The van der Waals surface area contributed by atoms with Crippen LogP contribution in [0.1, 0.15) is 74.4 Å². The van der Waals surface area contributed by atoms with Crippen molar-refractivity contribution in [3.05, 3.63) is 117 Å². The summed E-state index contributed by atoms with van der Waals surface area (Å²) < 4.78 is 25.9. The molecule has 2 N–H and O–H groups in total. The van der Waals surface area contributed by atoms with Gasteiger partial charge in [-0.15, -0.1) is 0 Å². The number of aliphatic hydroxyl groups excluding tert-OH is 1. The van der Waals surface area contributed by atoms with Gasteiger partial charge < -0.3 is 34.3 Å². The summed E-state index contributed by atoms with van der Waals surface area (Å²) in [6, 6.07) is 24.6. The van der Waals surface area contributed by atoms with Crippen LogP contribution in [-0.4, -0.2) is 82.9 Å². The monoisotopic (exact) mass is 836 g/mol. The quantitative estimate of drug-likeness (QED) is 0.192. The Balaban J connectivity index is 1.26. The fraction of sp³-hybridized carbons (Fsp3) is 0.415. The smallest absolute Gasteiger partial charge is 0.339 e. The molecule has 11 nitrogen and oxygen atoms in total. The lowest BCUT2D eigenvalue weighted by Gasteiger charge is -2.33. The summed E-state index contributed by atoms with van der Waals surface area (Å²) in [4.78, 5) is 55.5. The minimum absolute atomic E-state index is 0.0171. The van der Waals surface area contributed by atoms with Crippen LogP contribution in [0, 0.1) is 3.57 Å². The first-order chi connectivity index (χ1) is 25.4. The largest absolute Gasteiger partial charge is 0.460 e. The molecule has 3 aromatic rings. The second-order valence-electron chi connectivity index (χ2n) is 14.5. The molecule has 280 valence electrons. The number of halogens is 1. The molecule has 2 aliphatic heterocycles. The van der Waals surface area contributed by atoms with Gasteiger partial charge in [0.1, 0.15) is 30.0 Å². The van der Waals surface area contributed by atoms with E-state index in [0.29, 0.717) is 30.5 Å². The molecule has 2 saturated heterocycles. The first kappa shape index (κ1) is 38.6. The van der Waals surface area contributed by atoms with Gasteiger partial charge >= 0.3 is 11.9 Å². The van der Waals surface area contributed by atoms with Gasteiger partial charge in [-0.05, 0) is 80.8 Å². The number of rotatable bonds is 11. The van der Waals surface area contributed by atoms with Gasteiger partial charge in [-0.1, -0.05) is 72.8 Å². The van der Waals surface area contributed by atoms with Crippen molar-refractivity contribution in [1.82, 2.24) is 10.2 Å². The number of benzene rings is 3. The maximum absolute atomic E-state index is 14.4. The highest BCUT2D eigenvalue weighted by molar-refractivity contribution is 14.1. The van der Waals surface area contributed by atoms with Crippen molar-refractivity contribution in [2.75, 3.05) is 13.2 Å². The van der Waals surface area contributed by atoms with E-state index in [-0.39, 0.29) is 31.8 Å². The average Bonchev–Trinajstić information content (AvgIpc) is 3.80. The SMILES string of the molecule is CC(C)(C)OC(=O)CCC(CO)NC(=O)C1CCCN1C(=O)C1=CC2OC(c3ccccc3)(c3ccccc3)OC2C(OC(=O)c2ccccc2I)C1. The molecule has 1 aliphatic carbocycles. The van der Waals surface area contributed by atoms with Crippen LogP contribution >= 0.6 is 22.6 Å². The molecule has 2 amide bonds. The zero-order valence-electron chi connectivity index (χ0n) is 30.0. The van der Waals surface area contributed by atoms with Crippen LogP contribution in [0.15, 0.2) is 96.6 Å². The molecule has 0 radical (unpaired) electrons. The third kappa shape index (κ3) is 8.83. The number of amides is 2. The zero-order chi connectivity index (χ0) is 37.8. The summed E-state index contributed by atoms with van der Waals surface area (Å²) in [5.74, 6) is -3.11. The molecule has 2 fully saturated rings. The van der Waals surface area contributed by atoms with E-state index in [2.05, 4.69) is 27.9 Å². The molecular weight excluding hydrogens is 791 g/mol. The van der Waals surface area contributed by atoms with E-state index in [9.17, 15) is 24.3 Å². The molecule has 0 saturated carbocycles. The first-order valence-corrected chi connectivity index (χ1v) is 19.0. The van der Waals surface area contributed by atoms with Gasteiger partial charge in [-0.25, -0.2) is 4.79 Å². The van der Waals surface area contributed by atoms with Crippen molar-refractivity contribution in [1.29, 1.82) is 0 Å². The number of likely N-dealkylation sites (tertiary alicyclic amines) is 1. The maximum atomic E-state index is 14.4. The number of nitrogens with zero attached hydrogens (tertiary/aromatic N) is 1. The van der Waals surface area contributed by atoms with Crippen molar-refractivity contribution in [3.8, 4) is 0 Å². The number of ether oxygens (including phenoxy) is 4. The van der Waals surface area contributed by atoms with E-state index in [4.69, 9.17) is 18.9 Å². The third-order valence-electron chi connectivity index (χ3n) is 9.52. The Morgan fingerprint density at radius 2 is 1.60 bits per heavy atom. The molecule has 5 atom stereocenters. The van der Waals surface area contributed by atoms with Crippen LogP contribution in [0.2, 0.25) is 0 Å². The van der Waals surface area contributed by atoms with E-state index in [1.165, 1.54) is 4.90 Å². The number of fused-ring (bicyclic) bond motifs is 1. The maximum Gasteiger partial charge on any atom is 0.339 e. The molecule has 0 bridgehead atoms. The highest BCUT2D eigenvalue weighted by atomic mass is 127. The zero-order valence-corrected chi connectivity index (χ0v) is 32.2. The number of hydrogen-bond acceptors (Lipinski definition) is 9. The molecule has 0 aromatic heterocycles. The predicted molar refractivity (Wildman–Crippen MR) is 203 cm³/mol. The summed E-state index contributed by atoms with van der Waals surface area (Å²) in [7, 11) is 0. The number of carbonyl (C=O) groups excluding carboxylic acids is 4. The van der Waals surface area contributed by atoms with Crippen LogP contribution in [0.3, 0.4) is 0 Å². The van der Waals surface area contributed by atoms with Crippen molar-refractivity contribution in [2.45, 2.75) is 94.7 Å². The van der Waals surface area contributed by atoms with Crippen LogP contribution < -0.4 is 5.32 Å². The molecule has 5 unspecified atom stereocenters. The van der Waals surface area contributed by atoms with Crippen LogP contribution in [0.25, 0.3) is 0 Å². The van der Waals surface area contributed by atoms with Crippen molar-refractivity contribution in [2.24, 2.45) is 0 Å². The Hall–Kier alpha value is -4.11. The summed E-state index contributed by atoms with van der Waals surface area (Å²) in [6.07, 6.45) is 0.563. The molecule has 3 aromatic carbocycles. The van der Waals surface area contributed by atoms with Gasteiger partial charge in [0.05, 0.1) is 18.2 Å². The molecule has 6 rings (SSSR count). The summed E-state index contributed by atoms with van der Waals surface area (Å²) in [6.45, 7) is 5.28. The fourth-order valence-electron chi connectivity index (χ4n) is 7.07. The highest BCUT2D eigenvalue weighted by Crippen LogP contribution is 2.47. The second kappa shape index (κ2) is 16.5. The van der Waals surface area contributed by atoms with Crippen molar-refractivity contribution >= 4 is 46.3 Å². The number of hydrogen-bond donors (Lipinski definition) is 2. The minimum Gasteiger partial charge on any atom is -0.460 e. The minimum atomic E-state index is -1.35. The van der Waals surface area contributed by atoms with Gasteiger partial charge in [0.25, 0.3) is 0 Å². The lowest BCUT2D eigenvalue weighted by Crippen LogP contribution is -2.51. The third-order valence-corrected chi connectivity index (χ3v) is 10.5. The van der Waals surface area contributed by atoms with E-state index in [1.54, 1.807) is 39.0 Å². The average molecular weight is 837 g/mol. The van der Waals surface area contributed by atoms with Crippen LogP contribution in [0.4, 0.5) is 0 Å². The van der Waals surface area contributed by atoms with Crippen LogP contribution in [-0.2, 0) is 39.1 Å². The number of nitrogens with one attached hydrogen (secondary N) is 1. The summed E-state index contributed by atoms with van der Waals surface area (Å²) >= 11 is 2.09. The van der Waals surface area contributed by atoms with Gasteiger partial charge in [0.15, 0.2) is 0 Å². The van der Waals surface area contributed by atoms with E-state index in [1.807, 2.05) is 72.8 Å². The van der Waals surface area contributed by atoms with Gasteiger partial charge in [0.2, 0.25) is 17.6 Å². The van der Waals surface area contributed by atoms with Crippen molar-refractivity contribution < 1.29 is 43.2 Å². The Morgan fingerprint density at radius 1 is 0.962 bits per heavy atom. The van der Waals surface area contributed by atoms with Gasteiger partial charge in [-0.2, -0.15) is 0 Å². The number of esters is 2. The Labute approximate surface area is 323 Å². The lowest BCUT2D eigenvalue weighted by molar-refractivity contribution is -0.157. The van der Waals surface area contributed by atoms with Crippen molar-refractivity contribution in [3.63, 3.8) is 0 Å². The molecule has 12 heteroatoms. The number of aliphatic hydroxyl groups is 1. The van der Waals surface area contributed by atoms with E-state index in [0.717, 1.165) is 14.7 Å². The fourth-order valence-corrected chi connectivity index (χ4v) is 7.68. The topological polar surface area (TPSA) is 141 Å². The Bertz CT molecular complexity index is 1790. The molecule has 2 heterocycles.